The summed E-state index contributed by atoms with van der Waals surface area (Å²) in [5.41, 5.74) is 7.45. The van der Waals surface area contributed by atoms with Gasteiger partial charge in [0.1, 0.15) is 10.1 Å². The fourth-order valence-corrected chi connectivity index (χ4v) is 2.72. The van der Waals surface area contributed by atoms with E-state index >= 15 is 0 Å². The summed E-state index contributed by atoms with van der Waals surface area (Å²) < 4.78 is 33.1. The number of nitrogens with two attached hydrogens (primary N) is 1. The van der Waals surface area contributed by atoms with E-state index in [2.05, 4.69) is 10.2 Å². The third kappa shape index (κ3) is 4.00. The number of nitrogen functional groups attached to an aromatic ring is 1. The van der Waals surface area contributed by atoms with Crippen LogP contribution in [-0.4, -0.2) is 13.0 Å². The van der Waals surface area contributed by atoms with Crippen molar-refractivity contribution in [3.05, 3.63) is 60.7 Å². The fourth-order valence-electron chi connectivity index (χ4n) is 2.21. The van der Waals surface area contributed by atoms with Gasteiger partial charge in [-0.15, -0.1) is 5.11 Å². The summed E-state index contributed by atoms with van der Waals surface area (Å²) in [7, 11) is -4.52. The molecule has 0 aromatic heterocycles. The largest absolute Gasteiger partial charge is 1.00 e. The molecule has 24 heavy (non-hydrogen) atoms. The van der Waals surface area contributed by atoms with Crippen molar-refractivity contribution in [2.24, 2.45) is 10.2 Å². The van der Waals surface area contributed by atoms with E-state index in [1.165, 1.54) is 18.2 Å². The first-order chi connectivity index (χ1) is 10.9. The maximum atomic E-state index is 11.0. The zero-order chi connectivity index (χ0) is 16.4. The molecule has 0 spiro atoms. The molecule has 0 fully saturated rings. The molecule has 0 saturated carbocycles. The fraction of sp³-hybridized carbons (Fsp3) is 0. The van der Waals surface area contributed by atoms with Crippen molar-refractivity contribution in [1.29, 1.82) is 0 Å². The van der Waals surface area contributed by atoms with Gasteiger partial charge in [-0.1, -0.05) is 30.3 Å². The van der Waals surface area contributed by atoms with E-state index in [1.807, 2.05) is 24.3 Å². The van der Waals surface area contributed by atoms with Gasteiger partial charge >= 0.3 is 29.6 Å². The van der Waals surface area contributed by atoms with Crippen molar-refractivity contribution in [3.8, 4) is 0 Å². The molecule has 2 N–H and O–H groups in total. The van der Waals surface area contributed by atoms with E-state index in [4.69, 9.17) is 5.73 Å². The first-order valence-electron chi connectivity index (χ1n) is 6.70. The van der Waals surface area contributed by atoms with E-state index in [9.17, 15) is 13.0 Å². The Balaban J connectivity index is 0.00000208. The molecule has 0 aliphatic carbocycles. The number of hydrogen-bond donors (Lipinski definition) is 1. The molecule has 0 unspecified atom stereocenters. The smallest absolute Gasteiger partial charge is 0.744 e. The van der Waals surface area contributed by atoms with Gasteiger partial charge in [-0.3, -0.25) is 0 Å². The molecule has 0 aliphatic rings. The van der Waals surface area contributed by atoms with Crippen LogP contribution in [0.5, 0.6) is 0 Å². The molecule has 3 aromatic carbocycles. The van der Waals surface area contributed by atoms with Crippen molar-refractivity contribution in [1.82, 2.24) is 0 Å². The van der Waals surface area contributed by atoms with Crippen LogP contribution >= 0.6 is 0 Å². The summed E-state index contributed by atoms with van der Waals surface area (Å²) in [5, 5.41) is 9.85. The first-order valence-corrected chi connectivity index (χ1v) is 8.11. The molecule has 0 amide bonds. The maximum absolute atomic E-state index is 11.0. The Morgan fingerprint density at radius 1 is 0.875 bits per heavy atom. The molecule has 6 nitrogen and oxygen atoms in total. The number of benzene rings is 3. The second kappa shape index (κ2) is 7.42. The van der Waals surface area contributed by atoms with E-state index < -0.39 is 10.1 Å². The Hall–Kier alpha value is -1.77. The predicted octanol–water partition coefficient (Wildman–Crippen LogP) is 0.745. The van der Waals surface area contributed by atoms with Gasteiger partial charge in [0, 0.05) is 16.5 Å². The molecule has 8 heteroatoms. The Labute approximate surface area is 161 Å². The molecule has 0 bridgehead atoms. The van der Waals surface area contributed by atoms with E-state index in [1.54, 1.807) is 18.2 Å². The summed E-state index contributed by atoms with van der Waals surface area (Å²) in [5.74, 6) is 0. The van der Waals surface area contributed by atoms with Gasteiger partial charge in [0.15, 0.2) is 0 Å². The Morgan fingerprint density at radius 3 is 2.29 bits per heavy atom. The Bertz CT molecular complexity index is 1020. The van der Waals surface area contributed by atoms with Gasteiger partial charge in [0.2, 0.25) is 0 Å². The summed E-state index contributed by atoms with van der Waals surface area (Å²) >= 11 is 0. The SMILES string of the molecule is Nc1ccc(N=Nc2cccc(S(=O)(=O)[O-])c2)c2ccccc12.[Na+]. The summed E-state index contributed by atoms with van der Waals surface area (Å²) in [6, 6.07) is 16.4. The normalized spacial score (nSPS) is 11.5. The number of rotatable bonds is 3. The van der Waals surface area contributed by atoms with E-state index in [0.717, 1.165) is 10.8 Å². The quantitative estimate of drug-likeness (QED) is 0.326. The monoisotopic (exact) mass is 349 g/mol. The van der Waals surface area contributed by atoms with Crippen LogP contribution in [0.3, 0.4) is 0 Å². The Kier molecular flexibility index (Phi) is 5.74. The molecule has 0 atom stereocenters. The van der Waals surface area contributed by atoms with Crippen LogP contribution < -0.4 is 35.3 Å². The van der Waals surface area contributed by atoms with Crippen LogP contribution in [0.4, 0.5) is 17.1 Å². The zero-order valence-corrected chi connectivity index (χ0v) is 15.7. The Morgan fingerprint density at radius 2 is 1.58 bits per heavy atom. The van der Waals surface area contributed by atoms with Crippen molar-refractivity contribution < 1.29 is 42.5 Å². The molecule has 3 rings (SSSR count). The third-order valence-electron chi connectivity index (χ3n) is 3.31. The standard InChI is InChI=1S/C16H13N3O3S.Na/c17-15-8-9-16(14-7-2-1-6-13(14)15)19-18-11-4-3-5-12(10-11)23(20,21)22;/h1-10H,17H2,(H,20,21,22);/q;+1/p-1. The molecule has 0 heterocycles. The maximum Gasteiger partial charge on any atom is 1.00 e. The molecule has 0 saturated heterocycles. The topological polar surface area (TPSA) is 108 Å². The molecule has 0 radical (unpaired) electrons. The van der Waals surface area contributed by atoms with Gasteiger partial charge in [-0.2, -0.15) is 5.11 Å². The number of azo groups is 1. The van der Waals surface area contributed by atoms with Crippen LogP contribution in [-0.2, 0) is 10.1 Å². The van der Waals surface area contributed by atoms with Gasteiger partial charge in [0.25, 0.3) is 0 Å². The van der Waals surface area contributed by atoms with Crippen molar-refractivity contribution in [3.63, 3.8) is 0 Å². The van der Waals surface area contributed by atoms with Crippen molar-refractivity contribution in [2.75, 3.05) is 5.73 Å². The van der Waals surface area contributed by atoms with Crippen molar-refractivity contribution >= 4 is 38.0 Å². The van der Waals surface area contributed by atoms with Crippen LogP contribution in [0.15, 0.2) is 75.8 Å². The third-order valence-corrected chi connectivity index (χ3v) is 4.15. The van der Waals surface area contributed by atoms with Gasteiger partial charge in [0.05, 0.1) is 16.3 Å². The molecule has 116 valence electrons. The number of nitrogens with zero attached hydrogens (tertiary/aromatic N) is 2. The number of anilines is 1. The van der Waals surface area contributed by atoms with Crippen LogP contribution in [0, 0.1) is 0 Å². The van der Waals surface area contributed by atoms with Crippen molar-refractivity contribution in [2.45, 2.75) is 4.90 Å². The van der Waals surface area contributed by atoms with Gasteiger partial charge in [-0.05, 0) is 30.3 Å². The van der Waals surface area contributed by atoms with Crippen LogP contribution in [0.2, 0.25) is 0 Å². The van der Waals surface area contributed by atoms with Crippen LogP contribution in [0.25, 0.3) is 10.8 Å². The molecule has 0 aliphatic heterocycles. The molecular weight excluding hydrogens is 337 g/mol. The van der Waals surface area contributed by atoms with Gasteiger partial charge < -0.3 is 10.3 Å². The number of fused-ring (bicyclic) bond motifs is 1. The zero-order valence-electron chi connectivity index (χ0n) is 12.9. The molecule has 3 aromatic rings. The van der Waals surface area contributed by atoms with Gasteiger partial charge in [-0.25, -0.2) is 8.42 Å². The summed E-state index contributed by atoms with van der Waals surface area (Å²) in [6.45, 7) is 0. The first kappa shape index (κ1) is 18.6. The predicted molar refractivity (Wildman–Crippen MR) is 86.9 cm³/mol. The van der Waals surface area contributed by atoms with E-state index in [0.29, 0.717) is 11.4 Å². The summed E-state index contributed by atoms with van der Waals surface area (Å²) in [6.07, 6.45) is 0. The summed E-state index contributed by atoms with van der Waals surface area (Å²) in [4.78, 5) is -0.337. The molecular formula is C16H12N3NaO3S. The minimum absolute atomic E-state index is 0. The minimum Gasteiger partial charge on any atom is -0.744 e. The van der Waals surface area contributed by atoms with E-state index in [-0.39, 0.29) is 40.1 Å². The van der Waals surface area contributed by atoms with Crippen LogP contribution in [0.1, 0.15) is 0 Å². The minimum atomic E-state index is -4.52. The second-order valence-corrected chi connectivity index (χ2v) is 6.25. The average molecular weight is 349 g/mol. The number of hydrogen-bond acceptors (Lipinski definition) is 6. The second-order valence-electron chi connectivity index (χ2n) is 4.87. The average Bonchev–Trinajstić information content (AvgIpc) is 2.54.